The van der Waals surface area contributed by atoms with Crippen molar-refractivity contribution >= 4 is 21.8 Å². The Kier molecular flexibility index (Phi) is 6.50. The van der Waals surface area contributed by atoms with E-state index in [1.54, 1.807) is 31.2 Å². The molecule has 0 saturated carbocycles. The molecule has 0 spiro atoms. The van der Waals surface area contributed by atoms with Gasteiger partial charge < -0.3 is 4.74 Å². The van der Waals surface area contributed by atoms with E-state index in [-0.39, 0.29) is 10.5 Å². The summed E-state index contributed by atoms with van der Waals surface area (Å²) in [6.45, 7) is 2.51. The number of hydrogen-bond acceptors (Lipinski definition) is 5. The first-order valence-corrected chi connectivity index (χ1v) is 10.7. The number of carbonyl (C=O) groups is 2. The number of sulfonamides is 1. The van der Waals surface area contributed by atoms with E-state index in [0.717, 1.165) is 12.8 Å². The number of rotatable bonds is 6. The molecule has 3 rings (SSSR count). The van der Waals surface area contributed by atoms with E-state index in [4.69, 9.17) is 4.74 Å². The first-order chi connectivity index (χ1) is 13.9. The predicted molar refractivity (Wildman–Crippen MR) is 107 cm³/mol. The first kappa shape index (κ1) is 20.8. The van der Waals surface area contributed by atoms with Gasteiger partial charge in [-0.1, -0.05) is 24.3 Å². The fourth-order valence-corrected chi connectivity index (χ4v) is 4.49. The average Bonchev–Trinajstić information content (AvgIpc) is 3.28. The Balaban J connectivity index is 1.60. The summed E-state index contributed by atoms with van der Waals surface area (Å²) >= 11 is 0. The zero-order chi connectivity index (χ0) is 20.9. The molecule has 1 heterocycles. The summed E-state index contributed by atoms with van der Waals surface area (Å²) in [5.74, 6) is -0.631. The molecule has 29 heavy (non-hydrogen) atoms. The molecule has 1 aliphatic heterocycles. The van der Waals surface area contributed by atoms with Gasteiger partial charge in [0.2, 0.25) is 10.0 Å². The Morgan fingerprint density at radius 2 is 1.69 bits per heavy atom. The molecule has 8 nitrogen and oxygen atoms in total. The molecule has 1 saturated heterocycles. The monoisotopic (exact) mass is 417 g/mol. The maximum Gasteiger partial charge on any atom is 0.279 e. The number of ether oxygens (including phenoxy) is 1. The largest absolute Gasteiger partial charge is 0.481 e. The normalized spacial score (nSPS) is 15.5. The topological polar surface area (TPSA) is 105 Å². The number of para-hydroxylation sites is 1. The quantitative estimate of drug-likeness (QED) is 0.696. The highest BCUT2D eigenvalue weighted by Crippen LogP contribution is 2.21. The van der Waals surface area contributed by atoms with Crippen molar-refractivity contribution in [3.8, 4) is 5.75 Å². The van der Waals surface area contributed by atoms with Gasteiger partial charge in [-0.2, -0.15) is 4.31 Å². The lowest BCUT2D eigenvalue weighted by Crippen LogP contribution is -2.47. The third kappa shape index (κ3) is 5.12. The van der Waals surface area contributed by atoms with Crippen LogP contribution in [0.4, 0.5) is 0 Å². The molecular weight excluding hydrogens is 394 g/mol. The molecular formula is C20H23N3O5S. The SMILES string of the molecule is CC(Oc1ccccc1)C(=O)NNC(=O)c1cccc(S(=O)(=O)N2CCCC2)c1. The fraction of sp³-hybridized carbons (Fsp3) is 0.300. The number of hydrogen-bond donors (Lipinski definition) is 2. The summed E-state index contributed by atoms with van der Waals surface area (Å²) in [6, 6.07) is 14.6. The summed E-state index contributed by atoms with van der Waals surface area (Å²) in [4.78, 5) is 24.5. The zero-order valence-electron chi connectivity index (χ0n) is 16.0. The standard InChI is InChI=1S/C20H23N3O5S/c1-15(28-17-9-3-2-4-10-17)19(24)21-22-20(25)16-8-7-11-18(14-16)29(26,27)23-12-5-6-13-23/h2-4,7-11,14-15H,5-6,12-13H2,1H3,(H,21,24)(H,22,25). The van der Waals surface area contributed by atoms with Crippen molar-refractivity contribution in [1.82, 2.24) is 15.2 Å². The molecule has 1 unspecified atom stereocenters. The van der Waals surface area contributed by atoms with Gasteiger partial charge >= 0.3 is 0 Å². The Labute approximate surface area is 169 Å². The van der Waals surface area contributed by atoms with Crippen LogP contribution in [0, 0.1) is 0 Å². The minimum atomic E-state index is -3.63. The van der Waals surface area contributed by atoms with Gasteiger partial charge in [0, 0.05) is 18.7 Å². The van der Waals surface area contributed by atoms with Gasteiger partial charge in [-0.05, 0) is 50.1 Å². The van der Waals surface area contributed by atoms with Crippen LogP contribution >= 0.6 is 0 Å². The Hall–Kier alpha value is -2.91. The number of hydrazine groups is 1. The summed E-state index contributed by atoms with van der Waals surface area (Å²) in [6.07, 6.45) is 0.822. The Bertz CT molecular complexity index is 973. The van der Waals surface area contributed by atoms with Crippen LogP contribution in [0.2, 0.25) is 0 Å². The number of benzene rings is 2. The first-order valence-electron chi connectivity index (χ1n) is 9.30. The van der Waals surface area contributed by atoms with E-state index >= 15 is 0 Å². The lowest BCUT2D eigenvalue weighted by atomic mass is 10.2. The number of carbonyl (C=O) groups excluding carboxylic acids is 2. The van der Waals surface area contributed by atoms with Gasteiger partial charge in [0.05, 0.1) is 4.90 Å². The molecule has 1 atom stereocenters. The molecule has 2 aromatic rings. The van der Waals surface area contributed by atoms with E-state index in [2.05, 4.69) is 10.9 Å². The second kappa shape index (κ2) is 9.06. The maximum atomic E-state index is 12.6. The molecule has 0 radical (unpaired) electrons. The predicted octanol–water partition coefficient (Wildman–Crippen LogP) is 1.70. The minimum Gasteiger partial charge on any atom is -0.481 e. The lowest BCUT2D eigenvalue weighted by Gasteiger charge is -2.16. The van der Waals surface area contributed by atoms with E-state index in [9.17, 15) is 18.0 Å². The van der Waals surface area contributed by atoms with Gasteiger partial charge in [0.1, 0.15) is 5.75 Å². The minimum absolute atomic E-state index is 0.0548. The van der Waals surface area contributed by atoms with Crippen LogP contribution in [-0.4, -0.2) is 43.7 Å². The van der Waals surface area contributed by atoms with Crippen LogP contribution in [0.3, 0.4) is 0 Å². The van der Waals surface area contributed by atoms with Gasteiger partial charge in [-0.15, -0.1) is 0 Å². The van der Waals surface area contributed by atoms with E-state index in [0.29, 0.717) is 18.8 Å². The molecule has 2 amide bonds. The van der Waals surface area contributed by atoms with Gasteiger partial charge in [-0.25, -0.2) is 8.42 Å². The molecule has 9 heteroatoms. The number of nitrogens with one attached hydrogen (secondary N) is 2. The van der Waals surface area contributed by atoms with E-state index in [1.165, 1.54) is 28.6 Å². The summed E-state index contributed by atoms with van der Waals surface area (Å²) in [5, 5.41) is 0. The molecule has 0 aliphatic carbocycles. The highest BCUT2D eigenvalue weighted by molar-refractivity contribution is 7.89. The van der Waals surface area contributed by atoms with Crippen LogP contribution < -0.4 is 15.6 Å². The zero-order valence-corrected chi connectivity index (χ0v) is 16.8. The molecule has 0 aromatic heterocycles. The highest BCUT2D eigenvalue weighted by Gasteiger charge is 2.27. The lowest BCUT2D eigenvalue weighted by molar-refractivity contribution is -0.128. The van der Waals surface area contributed by atoms with Crippen LogP contribution in [0.1, 0.15) is 30.1 Å². The maximum absolute atomic E-state index is 12.6. The van der Waals surface area contributed by atoms with Gasteiger partial charge in [0.15, 0.2) is 6.10 Å². The third-order valence-electron chi connectivity index (χ3n) is 4.52. The second-order valence-electron chi connectivity index (χ2n) is 6.66. The third-order valence-corrected chi connectivity index (χ3v) is 6.42. The summed E-state index contributed by atoms with van der Waals surface area (Å²) in [7, 11) is -3.63. The van der Waals surface area contributed by atoms with Crippen molar-refractivity contribution in [2.24, 2.45) is 0 Å². The summed E-state index contributed by atoms with van der Waals surface area (Å²) < 4.78 is 32.2. The van der Waals surface area contributed by atoms with Crippen molar-refractivity contribution in [1.29, 1.82) is 0 Å². The number of nitrogens with zero attached hydrogens (tertiary/aromatic N) is 1. The van der Waals surface area contributed by atoms with Crippen molar-refractivity contribution in [3.05, 3.63) is 60.2 Å². The van der Waals surface area contributed by atoms with E-state index in [1.807, 2.05) is 6.07 Å². The Morgan fingerprint density at radius 1 is 1.00 bits per heavy atom. The van der Waals surface area contributed by atoms with Crippen molar-refractivity contribution in [3.63, 3.8) is 0 Å². The second-order valence-corrected chi connectivity index (χ2v) is 8.59. The molecule has 2 aromatic carbocycles. The highest BCUT2D eigenvalue weighted by atomic mass is 32.2. The molecule has 0 bridgehead atoms. The smallest absolute Gasteiger partial charge is 0.279 e. The number of amides is 2. The molecule has 1 fully saturated rings. The van der Waals surface area contributed by atoms with Gasteiger partial charge in [-0.3, -0.25) is 20.4 Å². The van der Waals surface area contributed by atoms with Crippen molar-refractivity contribution in [2.75, 3.05) is 13.1 Å². The van der Waals surface area contributed by atoms with Crippen LogP contribution in [0.15, 0.2) is 59.5 Å². The van der Waals surface area contributed by atoms with Crippen molar-refractivity contribution < 1.29 is 22.7 Å². The Morgan fingerprint density at radius 3 is 2.38 bits per heavy atom. The molecule has 1 aliphatic rings. The summed E-state index contributed by atoms with van der Waals surface area (Å²) in [5.41, 5.74) is 4.70. The van der Waals surface area contributed by atoms with Crippen molar-refractivity contribution in [2.45, 2.75) is 30.8 Å². The average molecular weight is 417 g/mol. The fourth-order valence-electron chi connectivity index (χ4n) is 2.92. The van der Waals surface area contributed by atoms with Crippen LogP contribution in [0.25, 0.3) is 0 Å². The molecule has 154 valence electrons. The van der Waals surface area contributed by atoms with E-state index < -0.39 is 27.9 Å². The van der Waals surface area contributed by atoms with Crippen LogP contribution in [0.5, 0.6) is 5.75 Å². The molecule has 2 N–H and O–H groups in total. The van der Waals surface area contributed by atoms with Crippen LogP contribution in [-0.2, 0) is 14.8 Å². The van der Waals surface area contributed by atoms with Gasteiger partial charge in [0.25, 0.3) is 11.8 Å².